The summed E-state index contributed by atoms with van der Waals surface area (Å²) in [7, 11) is 0. The Labute approximate surface area is 313 Å². The Morgan fingerprint density at radius 3 is 2.26 bits per heavy atom. The smallest absolute Gasteiger partial charge is 0.290 e. The quantitative estimate of drug-likeness (QED) is 0.199. The van der Waals surface area contributed by atoms with Gasteiger partial charge in [0, 0.05) is 25.6 Å². The van der Waals surface area contributed by atoms with Crippen molar-refractivity contribution in [3.05, 3.63) is 84.1 Å². The number of hydrogen-bond donors (Lipinski definition) is 6. The molecule has 2 aliphatic heterocycles. The van der Waals surface area contributed by atoms with E-state index in [0.29, 0.717) is 38.0 Å². The summed E-state index contributed by atoms with van der Waals surface area (Å²) in [6.07, 6.45) is 0.858. The van der Waals surface area contributed by atoms with E-state index in [-0.39, 0.29) is 43.4 Å². The second kappa shape index (κ2) is 18.9. The highest BCUT2D eigenvalue weighted by Crippen LogP contribution is 2.24. The maximum Gasteiger partial charge on any atom is 0.290 e. The molecule has 0 saturated carbocycles. The van der Waals surface area contributed by atoms with E-state index in [1.807, 2.05) is 24.3 Å². The van der Waals surface area contributed by atoms with Crippen molar-refractivity contribution in [3.8, 4) is 11.7 Å². The fraction of sp³-hybridized carbons (Fsp3) is 0.436. The molecule has 6 atom stereocenters. The van der Waals surface area contributed by atoms with Crippen LogP contribution in [0.3, 0.4) is 0 Å². The largest absolute Gasteiger partial charge is 0.426 e. The van der Waals surface area contributed by atoms with E-state index in [0.717, 1.165) is 5.56 Å². The number of aliphatic hydroxyl groups is 1. The summed E-state index contributed by atoms with van der Waals surface area (Å²) in [4.78, 5) is 83.1. The maximum absolute atomic E-state index is 14.0. The van der Waals surface area contributed by atoms with Gasteiger partial charge in [0.05, 0.1) is 6.10 Å². The molecule has 5 rings (SSSR count). The van der Waals surface area contributed by atoms with Crippen molar-refractivity contribution in [3.63, 3.8) is 0 Å². The van der Waals surface area contributed by atoms with Crippen molar-refractivity contribution in [2.45, 2.75) is 95.1 Å². The predicted molar refractivity (Wildman–Crippen MR) is 196 cm³/mol. The van der Waals surface area contributed by atoms with Crippen LogP contribution in [0.25, 0.3) is 0 Å². The molecule has 2 fully saturated rings. The number of hydrogen-bond acceptors (Lipinski definition) is 9. The molecule has 0 unspecified atom stereocenters. The van der Waals surface area contributed by atoms with E-state index in [4.69, 9.17) is 9.15 Å². The van der Waals surface area contributed by atoms with Gasteiger partial charge in [0.1, 0.15) is 36.0 Å². The van der Waals surface area contributed by atoms with Crippen LogP contribution in [-0.2, 0) is 30.4 Å². The number of ether oxygens (including phenoxy) is 1. The van der Waals surface area contributed by atoms with Gasteiger partial charge in [0.2, 0.25) is 29.5 Å². The summed E-state index contributed by atoms with van der Waals surface area (Å²) in [5.41, 5.74) is 0.760. The number of carbonyl (C=O) groups is 6. The Morgan fingerprint density at radius 1 is 0.852 bits per heavy atom. The van der Waals surface area contributed by atoms with Crippen LogP contribution in [0, 0.1) is 0 Å². The van der Waals surface area contributed by atoms with E-state index >= 15 is 0 Å². The third-order valence-electron chi connectivity index (χ3n) is 9.45. The molecule has 3 aromatic rings. The molecule has 2 saturated heterocycles. The van der Waals surface area contributed by atoms with Gasteiger partial charge in [-0.25, -0.2) is 0 Å². The van der Waals surface area contributed by atoms with Crippen molar-refractivity contribution in [2.75, 3.05) is 13.1 Å². The molecule has 6 amide bonds. The van der Waals surface area contributed by atoms with Crippen molar-refractivity contribution in [2.24, 2.45) is 0 Å². The number of nitrogens with zero attached hydrogens (tertiary/aromatic N) is 1. The molecular weight excluding hydrogens is 696 g/mol. The molecule has 2 aromatic carbocycles. The van der Waals surface area contributed by atoms with Crippen LogP contribution in [0.5, 0.6) is 11.7 Å². The number of fused-ring (bicyclic) bond motifs is 1. The Hall–Kier alpha value is -5.70. The lowest BCUT2D eigenvalue weighted by Gasteiger charge is -2.30. The zero-order chi connectivity index (χ0) is 38.6. The minimum absolute atomic E-state index is 0.0698. The van der Waals surface area contributed by atoms with E-state index in [1.54, 1.807) is 43.3 Å². The molecule has 0 aliphatic carbocycles. The van der Waals surface area contributed by atoms with Gasteiger partial charge in [-0.3, -0.25) is 28.8 Å². The summed E-state index contributed by atoms with van der Waals surface area (Å²) in [6, 6.07) is 15.2. The fourth-order valence-electron chi connectivity index (χ4n) is 6.50. The van der Waals surface area contributed by atoms with Crippen LogP contribution in [-0.4, -0.2) is 94.9 Å². The van der Waals surface area contributed by atoms with Crippen LogP contribution in [0.15, 0.2) is 77.2 Å². The molecule has 0 radical (unpaired) electrons. The normalized spacial score (nSPS) is 24.0. The summed E-state index contributed by atoms with van der Waals surface area (Å²) in [5, 5.41) is 24.2. The van der Waals surface area contributed by atoms with E-state index in [2.05, 4.69) is 26.6 Å². The second-order valence-electron chi connectivity index (χ2n) is 13.5. The van der Waals surface area contributed by atoms with E-state index < -0.39 is 65.8 Å². The van der Waals surface area contributed by atoms with Crippen molar-refractivity contribution in [1.82, 2.24) is 31.5 Å². The van der Waals surface area contributed by atoms with Gasteiger partial charge in [-0.15, -0.1) is 0 Å². The lowest BCUT2D eigenvalue weighted by molar-refractivity contribution is -0.142. The zero-order valence-electron chi connectivity index (χ0n) is 30.4. The highest BCUT2D eigenvalue weighted by atomic mass is 16.6. The number of para-hydroxylation sites is 1. The second-order valence-corrected chi connectivity index (χ2v) is 13.5. The van der Waals surface area contributed by atoms with Crippen LogP contribution < -0.4 is 31.3 Å². The maximum atomic E-state index is 14.0. The number of rotatable bonds is 8. The van der Waals surface area contributed by atoms with Crippen LogP contribution in [0.2, 0.25) is 0 Å². The molecule has 2 aliphatic rings. The van der Waals surface area contributed by atoms with Crippen LogP contribution in [0.1, 0.15) is 68.5 Å². The van der Waals surface area contributed by atoms with Gasteiger partial charge >= 0.3 is 0 Å². The molecule has 0 bridgehead atoms. The molecule has 6 N–H and O–H groups in total. The van der Waals surface area contributed by atoms with Gasteiger partial charge in [0.25, 0.3) is 11.9 Å². The number of aliphatic hydroxyl groups excluding tert-OH is 1. The summed E-state index contributed by atoms with van der Waals surface area (Å²) in [5.74, 6) is -3.23. The highest BCUT2D eigenvalue weighted by molar-refractivity contribution is 5.98. The molecule has 1 aromatic heterocycles. The molecule has 54 heavy (non-hydrogen) atoms. The van der Waals surface area contributed by atoms with Gasteiger partial charge in [-0.2, -0.15) is 0 Å². The Balaban J connectivity index is 1.36. The molecule has 0 spiro atoms. The zero-order valence-corrected chi connectivity index (χ0v) is 30.4. The highest BCUT2D eigenvalue weighted by Gasteiger charge is 2.39. The minimum Gasteiger partial charge on any atom is -0.426 e. The third-order valence-corrected chi connectivity index (χ3v) is 9.45. The van der Waals surface area contributed by atoms with Gasteiger partial charge < -0.3 is 45.7 Å². The lowest BCUT2D eigenvalue weighted by atomic mass is 10.0. The van der Waals surface area contributed by atoms with Gasteiger partial charge in [-0.1, -0.05) is 55.5 Å². The summed E-state index contributed by atoms with van der Waals surface area (Å²) >= 11 is 0. The molecule has 15 heteroatoms. The summed E-state index contributed by atoms with van der Waals surface area (Å²) in [6.45, 7) is 3.55. The van der Waals surface area contributed by atoms with Crippen LogP contribution in [0.4, 0.5) is 0 Å². The standard InChI is InChI=1S/C39H48N6O9/c1-3-27-34(47)44-33(24(2)46)38(51)43-29(23-25-13-6-4-7-14-25)39(52)45-22-12-18-30(45)36(49)40-21-11-10-17-28(35(48)41-27)42-37(50)31-19-20-32(54-31)53-26-15-8-5-9-16-26/h4-9,13-16,19-20,24,27-30,33,46H,3,10-12,17-18,21-23H2,1-2H3,(H,40,49)(H,41,48)(H,42,50)(H,43,51)(H,44,47)/t24-,27+,28+,29-,30+,33+/m1/s1. The number of furan rings is 1. The fourth-order valence-corrected chi connectivity index (χ4v) is 6.50. The SMILES string of the molecule is CC[C@@H]1NC(=O)[C@@H](NC(=O)c2ccc(Oc3ccccc3)o2)CCCCNC(=O)[C@@H]2CCCN2C(=O)[C@@H](Cc2ccccc2)NC(=O)[C@H]([C@@H](C)O)NC1=O. The first-order valence-corrected chi connectivity index (χ1v) is 18.4. The average Bonchev–Trinajstić information content (AvgIpc) is 3.85. The van der Waals surface area contributed by atoms with Crippen molar-refractivity contribution >= 4 is 35.4 Å². The first kappa shape index (κ1) is 39.5. The van der Waals surface area contributed by atoms with Crippen molar-refractivity contribution in [1.29, 1.82) is 0 Å². The van der Waals surface area contributed by atoms with Crippen LogP contribution >= 0.6 is 0 Å². The lowest BCUT2D eigenvalue weighted by Crippen LogP contribution is -2.61. The predicted octanol–water partition coefficient (Wildman–Crippen LogP) is 1.95. The van der Waals surface area contributed by atoms with Crippen molar-refractivity contribution < 1.29 is 43.0 Å². The summed E-state index contributed by atoms with van der Waals surface area (Å²) < 4.78 is 11.2. The molecule has 288 valence electrons. The minimum atomic E-state index is -1.49. The first-order valence-electron chi connectivity index (χ1n) is 18.4. The monoisotopic (exact) mass is 744 g/mol. The topological polar surface area (TPSA) is 208 Å². The molecule has 3 heterocycles. The van der Waals surface area contributed by atoms with E-state index in [1.165, 1.54) is 24.0 Å². The number of nitrogens with one attached hydrogen (secondary N) is 5. The molecule has 15 nitrogen and oxygen atoms in total. The number of carbonyl (C=O) groups excluding carboxylic acids is 6. The molecular formula is C39H48N6O9. The Morgan fingerprint density at radius 2 is 1.56 bits per heavy atom. The van der Waals surface area contributed by atoms with Gasteiger partial charge in [-0.05, 0) is 69.2 Å². The Kier molecular flexibility index (Phi) is 13.8. The number of benzene rings is 2. The first-order chi connectivity index (χ1) is 26.0. The van der Waals surface area contributed by atoms with Gasteiger partial charge in [0.15, 0.2) is 5.76 Å². The van der Waals surface area contributed by atoms with E-state index in [9.17, 15) is 33.9 Å². The average molecular weight is 745 g/mol. The number of amides is 6. The third kappa shape index (κ3) is 10.5. The Bertz CT molecular complexity index is 1770.